The van der Waals surface area contributed by atoms with Gasteiger partial charge < -0.3 is 10.2 Å². The molecule has 0 spiro atoms. The molecule has 0 unspecified atom stereocenters. The van der Waals surface area contributed by atoms with E-state index in [4.69, 9.17) is 0 Å². The summed E-state index contributed by atoms with van der Waals surface area (Å²) >= 11 is 0. The number of carbonyl (C=O) groups is 1. The molecule has 1 N–H and O–H groups in total. The molecule has 2 amide bonds. The predicted octanol–water partition coefficient (Wildman–Crippen LogP) is 2.64. The second-order valence-electron chi connectivity index (χ2n) is 6.22. The molecule has 0 aliphatic rings. The smallest absolute Gasteiger partial charge is 0.317 e. The molecular weight excluding hydrogens is 312 g/mol. The van der Waals surface area contributed by atoms with Crippen LogP contribution in [0, 0.1) is 0 Å². The maximum Gasteiger partial charge on any atom is 0.317 e. The fraction of sp³-hybridized carbons (Fsp3) is 0.588. The van der Waals surface area contributed by atoms with Gasteiger partial charge in [-0.15, -0.1) is 0 Å². The lowest BCUT2D eigenvalue weighted by molar-refractivity contribution is 0.193. The lowest BCUT2D eigenvalue weighted by atomic mass is 9.98. The minimum Gasteiger partial charge on any atom is -0.338 e. The Kier molecular flexibility index (Phi) is 7.06. The zero-order chi connectivity index (χ0) is 17.6. The topological polar surface area (TPSA) is 66.5 Å². The number of urea groups is 1. The summed E-state index contributed by atoms with van der Waals surface area (Å²) in [6, 6.07) is 9.53. The molecule has 0 aliphatic heterocycles. The molecule has 1 rings (SSSR count). The third kappa shape index (κ3) is 5.86. The third-order valence-electron chi connectivity index (χ3n) is 4.51. The molecular formula is C17H28N2O3S. The van der Waals surface area contributed by atoms with Gasteiger partial charge in [0.1, 0.15) is 0 Å². The average molecular weight is 340 g/mol. The maximum absolute atomic E-state index is 12.2. The SMILES string of the molecule is C[C@H]([C@@H](C)S(C)(=O)=O)N(C)C(=O)NCC[C@H](C)c1ccccc1. The Bertz CT molecular complexity index is 602. The van der Waals surface area contributed by atoms with Gasteiger partial charge in [0.25, 0.3) is 0 Å². The normalized spacial score (nSPS) is 15.5. The first-order valence-corrected chi connectivity index (χ1v) is 9.84. The van der Waals surface area contributed by atoms with Crippen LogP contribution in [0.25, 0.3) is 0 Å². The molecule has 6 heteroatoms. The van der Waals surface area contributed by atoms with Crippen molar-refractivity contribution in [1.29, 1.82) is 0 Å². The summed E-state index contributed by atoms with van der Waals surface area (Å²) < 4.78 is 23.2. The van der Waals surface area contributed by atoms with Crippen molar-refractivity contribution in [2.24, 2.45) is 0 Å². The van der Waals surface area contributed by atoms with Crippen molar-refractivity contribution in [2.45, 2.75) is 44.4 Å². The van der Waals surface area contributed by atoms with E-state index in [9.17, 15) is 13.2 Å². The summed E-state index contributed by atoms with van der Waals surface area (Å²) in [5.74, 6) is 0.356. The molecule has 0 heterocycles. The fourth-order valence-electron chi connectivity index (χ4n) is 2.33. The van der Waals surface area contributed by atoms with Gasteiger partial charge in [0, 0.05) is 25.9 Å². The van der Waals surface area contributed by atoms with Crippen LogP contribution < -0.4 is 5.32 Å². The van der Waals surface area contributed by atoms with Crippen molar-refractivity contribution in [3.63, 3.8) is 0 Å². The highest BCUT2D eigenvalue weighted by Gasteiger charge is 2.27. The van der Waals surface area contributed by atoms with Crippen LogP contribution in [0.1, 0.15) is 38.7 Å². The minimum atomic E-state index is -3.17. The molecule has 130 valence electrons. The average Bonchev–Trinajstić information content (AvgIpc) is 2.52. The van der Waals surface area contributed by atoms with Gasteiger partial charge >= 0.3 is 6.03 Å². The van der Waals surface area contributed by atoms with Crippen LogP contribution in [-0.4, -0.2) is 50.5 Å². The zero-order valence-corrected chi connectivity index (χ0v) is 15.4. The first-order chi connectivity index (χ1) is 10.6. The van der Waals surface area contributed by atoms with E-state index in [0.717, 1.165) is 6.42 Å². The van der Waals surface area contributed by atoms with Crippen molar-refractivity contribution in [3.8, 4) is 0 Å². The summed E-state index contributed by atoms with van der Waals surface area (Å²) in [5, 5.41) is 2.27. The van der Waals surface area contributed by atoms with E-state index in [1.54, 1.807) is 20.9 Å². The van der Waals surface area contributed by atoms with Crippen LogP contribution >= 0.6 is 0 Å². The second kappa shape index (κ2) is 8.34. The molecule has 23 heavy (non-hydrogen) atoms. The summed E-state index contributed by atoms with van der Waals surface area (Å²) in [4.78, 5) is 13.6. The van der Waals surface area contributed by atoms with Crippen molar-refractivity contribution < 1.29 is 13.2 Å². The Balaban J connectivity index is 2.47. The summed E-state index contributed by atoms with van der Waals surface area (Å²) in [6.07, 6.45) is 2.03. The van der Waals surface area contributed by atoms with E-state index < -0.39 is 15.1 Å². The van der Waals surface area contributed by atoms with E-state index >= 15 is 0 Å². The highest BCUT2D eigenvalue weighted by molar-refractivity contribution is 7.91. The van der Waals surface area contributed by atoms with Gasteiger partial charge in [0.05, 0.1) is 5.25 Å². The Morgan fingerprint density at radius 3 is 2.26 bits per heavy atom. The summed E-state index contributed by atoms with van der Waals surface area (Å²) in [7, 11) is -1.54. The molecule has 3 atom stereocenters. The van der Waals surface area contributed by atoms with Crippen molar-refractivity contribution >= 4 is 15.9 Å². The molecule has 0 saturated heterocycles. The molecule has 0 aliphatic carbocycles. The van der Waals surface area contributed by atoms with Gasteiger partial charge in [-0.25, -0.2) is 13.2 Å². The molecule has 1 aromatic rings. The molecule has 0 bridgehead atoms. The molecule has 5 nitrogen and oxygen atoms in total. The first kappa shape index (κ1) is 19.5. The number of carbonyl (C=O) groups excluding carboxylic acids is 1. The van der Waals surface area contributed by atoms with Crippen molar-refractivity contribution in [1.82, 2.24) is 10.2 Å². The Labute approximate surface area is 140 Å². The van der Waals surface area contributed by atoms with Crippen molar-refractivity contribution in [2.75, 3.05) is 19.8 Å². The van der Waals surface area contributed by atoms with Crippen LogP contribution in [0.5, 0.6) is 0 Å². The highest BCUT2D eigenvalue weighted by atomic mass is 32.2. The minimum absolute atomic E-state index is 0.242. The van der Waals surface area contributed by atoms with E-state index in [0.29, 0.717) is 12.5 Å². The molecule has 1 aromatic carbocycles. The van der Waals surface area contributed by atoms with E-state index in [2.05, 4.69) is 24.4 Å². The summed E-state index contributed by atoms with van der Waals surface area (Å²) in [5.41, 5.74) is 1.24. The Hall–Kier alpha value is -1.56. The lowest BCUT2D eigenvalue weighted by Crippen LogP contribution is -2.48. The van der Waals surface area contributed by atoms with E-state index in [1.165, 1.54) is 16.7 Å². The number of sulfone groups is 1. The van der Waals surface area contributed by atoms with Gasteiger partial charge in [0.15, 0.2) is 9.84 Å². The van der Waals surface area contributed by atoms with Crippen LogP contribution in [0.4, 0.5) is 4.79 Å². The number of amides is 2. The third-order valence-corrected chi connectivity index (χ3v) is 6.25. The Morgan fingerprint density at radius 1 is 1.17 bits per heavy atom. The highest BCUT2D eigenvalue weighted by Crippen LogP contribution is 2.17. The lowest BCUT2D eigenvalue weighted by Gasteiger charge is -2.29. The molecule has 0 aromatic heterocycles. The van der Waals surface area contributed by atoms with Gasteiger partial charge in [-0.2, -0.15) is 0 Å². The number of nitrogens with one attached hydrogen (secondary N) is 1. The van der Waals surface area contributed by atoms with E-state index in [1.807, 2.05) is 18.2 Å². The number of benzene rings is 1. The summed E-state index contributed by atoms with van der Waals surface area (Å²) in [6.45, 7) is 6.05. The zero-order valence-electron chi connectivity index (χ0n) is 14.6. The van der Waals surface area contributed by atoms with Gasteiger partial charge in [-0.3, -0.25) is 0 Å². The number of rotatable bonds is 7. The standard InChI is InChI=1S/C17H28N2O3S/c1-13(16-9-7-6-8-10-16)11-12-18-17(20)19(4)14(2)15(3)23(5,21)22/h6-10,13-15H,11-12H2,1-5H3,(H,18,20)/t13-,14+,15+/m0/s1. The first-order valence-electron chi connectivity index (χ1n) is 7.89. The van der Waals surface area contributed by atoms with Gasteiger partial charge in [0.2, 0.25) is 0 Å². The van der Waals surface area contributed by atoms with Crippen LogP contribution in [0.2, 0.25) is 0 Å². The van der Waals surface area contributed by atoms with Gasteiger partial charge in [-0.05, 0) is 31.7 Å². The number of hydrogen-bond donors (Lipinski definition) is 1. The Morgan fingerprint density at radius 2 is 1.74 bits per heavy atom. The number of hydrogen-bond acceptors (Lipinski definition) is 3. The van der Waals surface area contributed by atoms with Crippen molar-refractivity contribution in [3.05, 3.63) is 35.9 Å². The molecule has 0 fully saturated rings. The monoisotopic (exact) mass is 340 g/mol. The van der Waals surface area contributed by atoms with Crippen LogP contribution in [0.15, 0.2) is 30.3 Å². The fourth-order valence-corrected chi connectivity index (χ4v) is 3.22. The quantitative estimate of drug-likeness (QED) is 0.830. The molecule has 0 radical (unpaired) electrons. The largest absolute Gasteiger partial charge is 0.338 e. The van der Waals surface area contributed by atoms with E-state index in [-0.39, 0.29) is 12.1 Å². The van der Waals surface area contributed by atoms with Crippen LogP contribution in [0.3, 0.4) is 0 Å². The number of nitrogens with zero attached hydrogens (tertiary/aromatic N) is 1. The second-order valence-corrected chi connectivity index (χ2v) is 8.62. The molecule has 0 saturated carbocycles. The predicted molar refractivity (Wildman–Crippen MR) is 94.4 cm³/mol. The van der Waals surface area contributed by atoms with Crippen LogP contribution in [-0.2, 0) is 9.84 Å². The maximum atomic E-state index is 12.2. The van der Waals surface area contributed by atoms with Gasteiger partial charge in [-0.1, -0.05) is 37.3 Å².